The third kappa shape index (κ3) is 5.11. The van der Waals surface area contributed by atoms with Crippen LogP contribution in [-0.4, -0.2) is 62.6 Å². The molecule has 37 heavy (non-hydrogen) atoms. The standard InChI is InChI=1S/C22H23FN8O5S/c1-12(19-25-10-14(23)11-26-19)13(2)37(33,34)30-22-29-28-20(15-6-5-7-17(27-15)36-4)31(22)18-16(35-3)8-9-24-21(18)32/h5-13H,1-4H3,(H,24,32)(H,29,30)/t12-,13-/m0/s1. The number of sulfonamides is 1. The molecule has 0 fully saturated rings. The van der Waals surface area contributed by atoms with E-state index in [1.54, 1.807) is 25.1 Å². The monoisotopic (exact) mass is 530 g/mol. The van der Waals surface area contributed by atoms with Crippen LogP contribution in [0.25, 0.3) is 17.2 Å². The summed E-state index contributed by atoms with van der Waals surface area (Å²) in [5.41, 5.74) is -0.413. The fourth-order valence-corrected chi connectivity index (χ4v) is 4.70. The quantitative estimate of drug-likeness (QED) is 0.326. The zero-order chi connectivity index (χ0) is 26.7. The second-order valence-corrected chi connectivity index (χ2v) is 9.91. The van der Waals surface area contributed by atoms with E-state index in [1.165, 1.54) is 38.0 Å². The Morgan fingerprint density at radius 1 is 1.08 bits per heavy atom. The van der Waals surface area contributed by atoms with Gasteiger partial charge in [-0.3, -0.25) is 14.1 Å². The molecule has 0 spiro atoms. The van der Waals surface area contributed by atoms with Gasteiger partial charge in [0.2, 0.25) is 21.9 Å². The minimum atomic E-state index is -4.16. The number of hydrogen-bond donors (Lipinski definition) is 2. The number of H-pyrrole nitrogens is 1. The molecule has 2 N–H and O–H groups in total. The largest absolute Gasteiger partial charge is 0.494 e. The Morgan fingerprint density at radius 2 is 1.81 bits per heavy atom. The molecular weight excluding hydrogens is 507 g/mol. The molecule has 15 heteroatoms. The van der Waals surface area contributed by atoms with Gasteiger partial charge < -0.3 is 14.5 Å². The van der Waals surface area contributed by atoms with Gasteiger partial charge in [0, 0.05) is 18.2 Å². The van der Waals surface area contributed by atoms with Crippen molar-refractivity contribution in [2.75, 3.05) is 18.9 Å². The predicted octanol–water partition coefficient (Wildman–Crippen LogP) is 1.90. The van der Waals surface area contributed by atoms with Crippen LogP contribution in [0.1, 0.15) is 25.6 Å². The van der Waals surface area contributed by atoms with Gasteiger partial charge in [-0.05, 0) is 19.1 Å². The van der Waals surface area contributed by atoms with Crippen molar-refractivity contribution in [1.29, 1.82) is 0 Å². The Hall–Kier alpha value is -4.40. The SMILES string of the molecule is COc1cccc(-c2nnc(NS(=O)(=O)[C@@H](C)[C@H](C)c3ncc(F)cn3)n2-c2c(OC)cc[nH]c2=O)n1. The summed E-state index contributed by atoms with van der Waals surface area (Å²) in [6.07, 6.45) is 3.31. The first kappa shape index (κ1) is 25.7. The van der Waals surface area contributed by atoms with Crippen LogP contribution in [-0.2, 0) is 10.0 Å². The highest BCUT2D eigenvalue weighted by molar-refractivity contribution is 7.93. The fraction of sp³-hybridized carbons (Fsp3) is 0.273. The number of ether oxygens (including phenoxy) is 2. The lowest BCUT2D eigenvalue weighted by atomic mass is 10.1. The Bertz CT molecular complexity index is 1570. The van der Waals surface area contributed by atoms with Crippen LogP contribution < -0.4 is 19.8 Å². The highest BCUT2D eigenvalue weighted by Gasteiger charge is 2.32. The van der Waals surface area contributed by atoms with Gasteiger partial charge in [0.1, 0.15) is 17.3 Å². The molecule has 4 aromatic heterocycles. The fourth-order valence-electron chi connectivity index (χ4n) is 3.47. The molecule has 0 unspecified atom stereocenters. The first-order valence-corrected chi connectivity index (χ1v) is 12.4. The molecule has 4 aromatic rings. The summed E-state index contributed by atoms with van der Waals surface area (Å²) in [7, 11) is -1.36. The maximum Gasteiger partial charge on any atom is 0.276 e. The lowest BCUT2D eigenvalue weighted by Crippen LogP contribution is -2.32. The van der Waals surface area contributed by atoms with Gasteiger partial charge in [0.15, 0.2) is 17.3 Å². The van der Waals surface area contributed by atoms with Crippen molar-refractivity contribution >= 4 is 16.0 Å². The number of nitrogens with zero attached hydrogens (tertiary/aromatic N) is 6. The summed E-state index contributed by atoms with van der Waals surface area (Å²) in [4.78, 5) is 27.5. The van der Waals surface area contributed by atoms with Crippen molar-refractivity contribution < 1.29 is 22.3 Å². The molecule has 0 aliphatic carbocycles. The van der Waals surface area contributed by atoms with Crippen LogP contribution >= 0.6 is 0 Å². The molecule has 0 aliphatic rings. The van der Waals surface area contributed by atoms with Gasteiger partial charge >= 0.3 is 0 Å². The van der Waals surface area contributed by atoms with Crippen LogP contribution in [0.15, 0.2) is 47.7 Å². The molecule has 0 aromatic carbocycles. The molecule has 13 nitrogen and oxygen atoms in total. The summed E-state index contributed by atoms with van der Waals surface area (Å²) >= 11 is 0. The van der Waals surface area contributed by atoms with Gasteiger partial charge in [-0.15, -0.1) is 10.2 Å². The van der Waals surface area contributed by atoms with E-state index in [4.69, 9.17) is 9.47 Å². The van der Waals surface area contributed by atoms with Gasteiger partial charge in [0.25, 0.3) is 5.56 Å². The van der Waals surface area contributed by atoms with Crippen LogP contribution in [0.4, 0.5) is 10.3 Å². The Balaban J connectivity index is 1.82. The molecule has 2 atom stereocenters. The van der Waals surface area contributed by atoms with Crippen molar-refractivity contribution in [2.45, 2.75) is 25.0 Å². The van der Waals surface area contributed by atoms with E-state index in [9.17, 15) is 17.6 Å². The molecule has 4 rings (SSSR count). The summed E-state index contributed by atoms with van der Waals surface area (Å²) in [5, 5.41) is 7.02. The third-order valence-electron chi connectivity index (χ3n) is 5.64. The number of aromatic nitrogens is 7. The summed E-state index contributed by atoms with van der Waals surface area (Å²) < 4.78 is 54.1. The van der Waals surface area contributed by atoms with Crippen molar-refractivity contribution in [2.24, 2.45) is 0 Å². The second-order valence-electron chi connectivity index (χ2n) is 7.87. The highest BCUT2D eigenvalue weighted by atomic mass is 32.2. The van der Waals surface area contributed by atoms with Gasteiger partial charge in [-0.25, -0.2) is 27.8 Å². The normalized spacial score (nSPS) is 13.1. The zero-order valence-corrected chi connectivity index (χ0v) is 21.0. The minimum absolute atomic E-state index is 0.0502. The van der Waals surface area contributed by atoms with E-state index >= 15 is 0 Å². The maximum absolute atomic E-state index is 13.4. The number of rotatable bonds is 9. The average molecular weight is 531 g/mol. The number of pyridine rings is 2. The Morgan fingerprint density at radius 3 is 2.49 bits per heavy atom. The minimum Gasteiger partial charge on any atom is -0.494 e. The first-order valence-electron chi connectivity index (χ1n) is 10.9. The van der Waals surface area contributed by atoms with E-state index in [1.807, 2.05) is 0 Å². The number of halogens is 1. The summed E-state index contributed by atoms with van der Waals surface area (Å²) in [5.74, 6) is -1.05. The number of methoxy groups -OCH3 is 2. The smallest absolute Gasteiger partial charge is 0.276 e. The van der Waals surface area contributed by atoms with Crippen LogP contribution in [0.2, 0.25) is 0 Å². The van der Waals surface area contributed by atoms with E-state index in [2.05, 4.69) is 34.9 Å². The zero-order valence-electron chi connectivity index (χ0n) is 20.2. The van der Waals surface area contributed by atoms with E-state index in [0.29, 0.717) is 0 Å². The molecule has 194 valence electrons. The molecule has 0 radical (unpaired) electrons. The number of anilines is 1. The van der Waals surface area contributed by atoms with Crippen molar-refractivity contribution in [3.63, 3.8) is 0 Å². The molecule has 4 heterocycles. The van der Waals surface area contributed by atoms with Gasteiger partial charge in [-0.1, -0.05) is 13.0 Å². The van der Waals surface area contributed by atoms with Gasteiger partial charge in [-0.2, -0.15) is 0 Å². The Labute approximate surface area is 210 Å². The Kier molecular flexibility index (Phi) is 7.15. The molecular formula is C22H23FN8O5S. The molecule has 0 saturated heterocycles. The molecule has 0 amide bonds. The first-order chi connectivity index (χ1) is 17.7. The van der Waals surface area contributed by atoms with Crippen LogP contribution in [0, 0.1) is 5.82 Å². The van der Waals surface area contributed by atoms with Crippen LogP contribution in [0.5, 0.6) is 11.6 Å². The van der Waals surface area contributed by atoms with Crippen LogP contribution in [0.3, 0.4) is 0 Å². The summed E-state index contributed by atoms with van der Waals surface area (Å²) in [6.45, 7) is 3.04. The van der Waals surface area contributed by atoms with E-state index < -0.39 is 32.6 Å². The number of aromatic amines is 1. The summed E-state index contributed by atoms with van der Waals surface area (Å²) in [6, 6.07) is 6.36. The van der Waals surface area contributed by atoms with Crippen molar-refractivity contribution in [1.82, 2.24) is 34.7 Å². The topological polar surface area (TPSA) is 167 Å². The second kappa shape index (κ2) is 10.3. The van der Waals surface area contributed by atoms with E-state index in [0.717, 1.165) is 12.4 Å². The average Bonchev–Trinajstić information content (AvgIpc) is 3.30. The van der Waals surface area contributed by atoms with Crippen molar-refractivity contribution in [3.8, 4) is 28.8 Å². The predicted molar refractivity (Wildman–Crippen MR) is 131 cm³/mol. The number of nitrogens with one attached hydrogen (secondary N) is 2. The lowest BCUT2D eigenvalue weighted by molar-refractivity contribution is 0.398. The molecule has 0 saturated carbocycles. The molecule has 0 bridgehead atoms. The maximum atomic E-state index is 13.4. The third-order valence-corrected chi connectivity index (χ3v) is 7.49. The molecule has 0 aliphatic heterocycles. The van der Waals surface area contributed by atoms with Gasteiger partial charge in [0.05, 0.1) is 31.9 Å². The highest BCUT2D eigenvalue weighted by Crippen LogP contribution is 2.30. The van der Waals surface area contributed by atoms with E-state index in [-0.39, 0.29) is 40.6 Å². The lowest BCUT2D eigenvalue weighted by Gasteiger charge is -2.20. The number of hydrogen-bond acceptors (Lipinski definition) is 10. The van der Waals surface area contributed by atoms with Crippen molar-refractivity contribution in [3.05, 3.63) is 64.9 Å².